The highest BCUT2D eigenvalue weighted by Gasteiger charge is 2.32. The standard InChI is InChI=1S/C32H32FN3O5S/c33-26-13-8-24(9-14-26)22-36(31(25-5-2-1-3-6-25)32(38)34-21-28-7-4-20-41-28)30(37)19-12-23-10-17-29(18-11-23)42(39,40)35-27-15-16-27/h1-11,13-14,17-18,20,27,31,35H,12,15-16,19,21-22H2,(H,34,38)/t31-/m0/s1. The van der Waals surface area contributed by atoms with E-state index in [4.69, 9.17) is 4.42 Å². The van der Waals surface area contributed by atoms with Gasteiger partial charge in [0.15, 0.2) is 0 Å². The molecule has 1 atom stereocenters. The van der Waals surface area contributed by atoms with Gasteiger partial charge in [-0.25, -0.2) is 17.5 Å². The van der Waals surface area contributed by atoms with Crippen LogP contribution in [0.3, 0.4) is 0 Å². The van der Waals surface area contributed by atoms with Gasteiger partial charge in [0, 0.05) is 19.0 Å². The molecule has 0 aliphatic heterocycles. The summed E-state index contributed by atoms with van der Waals surface area (Å²) in [4.78, 5) is 29.2. The van der Waals surface area contributed by atoms with Crippen LogP contribution in [0.5, 0.6) is 0 Å². The third-order valence-corrected chi connectivity index (χ3v) is 8.58. The molecule has 218 valence electrons. The Balaban J connectivity index is 1.36. The summed E-state index contributed by atoms with van der Waals surface area (Å²) in [7, 11) is -3.57. The van der Waals surface area contributed by atoms with Crippen molar-refractivity contribution in [3.05, 3.63) is 126 Å². The van der Waals surface area contributed by atoms with Crippen LogP contribution in [0.2, 0.25) is 0 Å². The molecule has 2 amide bonds. The molecule has 0 bridgehead atoms. The summed E-state index contributed by atoms with van der Waals surface area (Å²) in [5.74, 6) is -0.492. The number of rotatable bonds is 13. The van der Waals surface area contributed by atoms with Gasteiger partial charge in [-0.05, 0) is 72.4 Å². The van der Waals surface area contributed by atoms with Crippen LogP contribution in [0, 0.1) is 5.82 Å². The molecule has 1 aliphatic rings. The topological polar surface area (TPSA) is 109 Å². The summed E-state index contributed by atoms with van der Waals surface area (Å²) < 4.78 is 46.7. The number of carbonyl (C=O) groups excluding carboxylic acids is 2. The molecule has 5 rings (SSSR count). The quantitative estimate of drug-likeness (QED) is 0.231. The molecule has 4 aromatic rings. The lowest BCUT2D eigenvalue weighted by Crippen LogP contribution is -2.43. The summed E-state index contributed by atoms with van der Waals surface area (Å²) in [6, 6.07) is 23.8. The van der Waals surface area contributed by atoms with Crippen LogP contribution in [-0.4, -0.2) is 31.2 Å². The van der Waals surface area contributed by atoms with E-state index in [1.807, 2.05) is 6.07 Å². The first-order valence-corrected chi connectivity index (χ1v) is 15.3. The van der Waals surface area contributed by atoms with E-state index in [-0.39, 0.29) is 42.3 Å². The number of halogens is 1. The zero-order valence-electron chi connectivity index (χ0n) is 22.9. The predicted octanol–water partition coefficient (Wildman–Crippen LogP) is 4.88. The number of hydrogen-bond acceptors (Lipinski definition) is 5. The number of aryl methyl sites for hydroxylation is 1. The molecule has 10 heteroatoms. The molecule has 0 unspecified atom stereocenters. The van der Waals surface area contributed by atoms with Crippen LogP contribution in [0.25, 0.3) is 0 Å². The highest BCUT2D eigenvalue weighted by Crippen LogP contribution is 2.26. The van der Waals surface area contributed by atoms with Gasteiger partial charge in [-0.2, -0.15) is 0 Å². The summed E-state index contributed by atoms with van der Waals surface area (Å²) in [6.07, 6.45) is 3.62. The lowest BCUT2D eigenvalue weighted by atomic mass is 10.0. The number of sulfonamides is 1. The molecule has 1 fully saturated rings. The largest absolute Gasteiger partial charge is 0.467 e. The first-order valence-electron chi connectivity index (χ1n) is 13.8. The van der Waals surface area contributed by atoms with Gasteiger partial charge in [0.1, 0.15) is 17.6 Å². The van der Waals surface area contributed by atoms with Crippen molar-refractivity contribution in [1.29, 1.82) is 0 Å². The van der Waals surface area contributed by atoms with Crippen LogP contribution < -0.4 is 10.0 Å². The van der Waals surface area contributed by atoms with Crippen molar-refractivity contribution in [2.75, 3.05) is 0 Å². The molecule has 8 nitrogen and oxygen atoms in total. The van der Waals surface area contributed by atoms with Crippen LogP contribution >= 0.6 is 0 Å². The zero-order chi connectivity index (χ0) is 29.5. The first-order chi connectivity index (χ1) is 20.3. The van der Waals surface area contributed by atoms with E-state index < -0.39 is 21.9 Å². The van der Waals surface area contributed by atoms with Crippen molar-refractivity contribution in [2.45, 2.75) is 55.8 Å². The molecule has 1 heterocycles. The first kappa shape index (κ1) is 29.2. The number of hydrogen-bond donors (Lipinski definition) is 2. The predicted molar refractivity (Wildman–Crippen MR) is 155 cm³/mol. The van der Waals surface area contributed by atoms with Gasteiger partial charge in [-0.1, -0.05) is 54.6 Å². The zero-order valence-corrected chi connectivity index (χ0v) is 23.7. The van der Waals surface area contributed by atoms with E-state index in [9.17, 15) is 22.4 Å². The lowest BCUT2D eigenvalue weighted by molar-refractivity contribution is -0.141. The number of furan rings is 1. The second kappa shape index (κ2) is 13.1. The maximum atomic E-state index is 13.8. The third-order valence-electron chi connectivity index (χ3n) is 7.04. The van der Waals surface area contributed by atoms with Crippen LogP contribution in [0.15, 0.2) is 107 Å². The van der Waals surface area contributed by atoms with Gasteiger partial charge in [-0.15, -0.1) is 0 Å². The Morgan fingerprint density at radius 3 is 2.24 bits per heavy atom. The van der Waals surface area contributed by atoms with Crippen molar-refractivity contribution < 1.29 is 26.8 Å². The molecule has 1 saturated carbocycles. The molecular weight excluding hydrogens is 557 g/mol. The third kappa shape index (κ3) is 7.71. The van der Waals surface area contributed by atoms with Crippen molar-refractivity contribution in [2.24, 2.45) is 0 Å². The smallest absolute Gasteiger partial charge is 0.247 e. The highest BCUT2D eigenvalue weighted by atomic mass is 32.2. The fourth-order valence-electron chi connectivity index (χ4n) is 4.62. The number of carbonyl (C=O) groups is 2. The lowest BCUT2D eigenvalue weighted by Gasteiger charge is -2.31. The second-order valence-corrected chi connectivity index (χ2v) is 12.0. The molecule has 0 saturated heterocycles. The number of nitrogens with one attached hydrogen (secondary N) is 2. The van der Waals surface area contributed by atoms with Gasteiger partial charge in [0.25, 0.3) is 0 Å². The van der Waals surface area contributed by atoms with E-state index >= 15 is 0 Å². The fourth-order valence-corrected chi connectivity index (χ4v) is 5.93. The Morgan fingerprint density at radius 1 is 0.905 bits per heavy atom. The van der Waals surface area contributed by atoms with Crippen LogP contribution in [0.1, 0.15) is 47.8 Å². The van der Waals surface area contributed by atoms with E-state index in [0.717, 1.165) is 18.4 Å². The van der Waals surface area contributed by atoms with Crippen LogP contribution in [0.4, 0.5) is 4.39 Å². The number of nitrogens with zero attached hydrogens (tertiary/aromatic N) is 1. The normalized spacial score (nSPS) is 13.8. The van der Waals surface area contributed by atoms with Gasteiger partial charge < -0.3 is 14.6 Å². The summed E-state index contributed by atoms with van der Waals surface area (Å²) in [5, 5.41) is 2.88. The van der Waals surface area contributed by atoms with E-state index in [1.54, 1.807) is 60.7 Å². The van der Waals surface area contributed by atoms with Crippen molar-refractivity contribution in [3.8, 4) is 0 Å². The minimum atomic E-state index is -3.57. The molecule has 0 spiro atoms. The fraction of sp³-hybridized carbons (Fsp3) is 0.250. The minimum Gasteiger partial charge on any atom is -0.467 e. The average Bonchev–Trinajstić information content (AvgIpc) is 3.64. The molecule has 1 aliphatic carbocycles. The van der Waals surface area contributed by atoms with Gasteiger partial charge in [0.2, 0.25) is 21.8 Å². The highest BCUT2D eigenvalue weighted by molar-refractivity contribution is 7.89. The average molecular weight is 590 g/mol. The summed E-state index contributed by atoms with van der Waals surface area (Å²) >= 11 is 0. The van der Waals surface area contributed by atoms with Crippen molar-refractivity contribution >= 4 is 21.8 Å². The van der Waals surface area contributed by atoms with Gasteiger partial charge in [0.05, 0.1) is 17.7 Å². The number of amides is 2. The van der Waals surface area contributed by atoms with E-state index in [2.05, 4.69) is 10.0 Å². The Morgan fingerprint density at radius 2 is 1.60 bits per heavy atom. The maximum Gasteiger partial charge on any atom is 0.247 e. The monoisotopic (exact) mass is 589 g/mol. The SMILES string of the molecule is O=C(NCc1ccco1)[C@H](c1ccccc1)N(Cc1ccc(F)cc1)C(=O)CCc1ccc(S(=O)(=O)NC2CC2)cc1. The van der Waals surface area contributed by atoms with Gasteiger partial charge in [-0.3, -0.25) is 9.59 Å². The van der Waals surface area contributed by atoms with Crippen molar-refractivity contribution in [3.63, 3.8) is 0 Å². The molecule has 42 heavy (non-hydrogen) atoms. The Bertz CT molecular complexity index is 1590. The van der Waals surface area contributed by atoms with E-state index in [1.165, 1.54) is 35.4 Å². The Hall–Kier alpha value is -4.28. The molecule has 2 N–H and O–H groups in total. The van der Waals surface area contributed by atoms with Crippen LogP contribution in [-0.2, 0) is 39.1 Å². The summed E-state index contributed by atoms with van der Waals surface area (Å²) in [5.41, 5.74) is 2.08. The molecular formula is C32H32FN3O5S. The minimum absolute atomic E-state index is 0.00762. The Labute approximate surface area is 244 Å². The molecule has 1 aromatic heterocycles. The maximum absolute atomic E-state index is 13.8. The second-order valence-electron chi connectivity index (χ2n) is 10.3. The molecule has 0 radical (unpaired) electrons. The Kier molecular flexibility index (Phi) is 9.14. The van der Waals surface area contributed by atoms with Crippen molar-refractivity contribution in [1.82, 2.24) is 14.9 Å². The van der Waals surface area contributed by atoms with Gasteiger partial charge >= 0.3 is 0 Å². The van der Waals surface area contributed by atoms with E-state index in [0.29, 0.717) is 23.3 Å². The molecule has 3 aromatic carbocycles. The summed E-state index contributed by atoms with van der Waals surface area (Å²) in [6.45, 7) is 0.232. The number of benzene rings is 3.